The summed E-state index contributed by atoms with van der Waals surface area (Å²) >= 11 is 1.78. The first-order valence-corrected chi connectivity index (χ1v) is 12.1. The van der Waals surface area contributed by atoms with Crippen molar-refractivity contribution in [3.05, 3.63) is 57.8 Å². The zero-order valence-corrected chi connectivity index (χ0v) is 18.7. The summed E-state index contributed by atoms with van der Waals surface area (Å²) in [6, 6.07) is 11.8. The lowest BCUT2D eigenvalue weighted by Gasteiger charge is -2.36. The number of rotatable bonds is 6. The fourth-order valence-electron chi connectivity index (χ4n) is 5.29. The Kier molecular flexibility index (Phi) is 6.71. The smallest absolute Gasteiger partial charge is 0.219 e. The SMILES string of the molecule is CC(=O)N(CC1CN(Cc2ccsc2)CC1c1ccc(C)cc1)C1CCCCC1. The Morgan fingerprint density at radius 2 is 1.86 bits per heavy atom. The van der Waals surface area contributed by atoms with E-state index < -0.39 is 0 Å². The monoisotopic (exact) mass is 410 g/mol. The molecule has 156 valence electrons. The summed E-state index contributed by atoms with van der Waals surface area (Å²) in [5.74, 6) is 1.26. The minimum Gasteiger partial charge on any atom is -0.340 e. The van der Waals surface area contributed by atoms with E-state index in [2.05, 4.69) is 57.8 Å². The molecule has 0 spiro atoms. The predicted molar refractivity (Wildman–Crippen MR) is 121 cm³/mol. The molecule has 2 fully saturated rings. The number of likely N-dealkylation sites (tertiary alicyclic amines) is 1. The Morgan fingerprint density at radius 1 is 1.10 bits per heavy atom. The second-order valence-corrected chi connectivity index (χ2v) is 9.85. The van der Waals surface area contributed by atoms with Crippen LogP contribution < -0.4 is 0 Å². The number of amides is 1. The molecule has 0 bridgehead atoms. The third kappa shape index (κ3) is 5.10. The Morgan fingerprint density at radius 3 is 2.52 bits per heavy atom. The number of benzene rings is 1. The summed E-state index contributed by atoms with van der Waals surface area (Å²) in [6.45, 7) is 8.00. The Hall–Kier alpha value is -1.65. The normalized spacial score (nSPS) is 23.4. The molecule has 1 aliphatic carbocycles. The molecule has 0 N–H and O–H groups in total. The number of hydrogen-bond donors (Lipinski definition) is 0. The maximum Gasteiger partial charge on any atom is 0.219 e. The molecule has 2 aliphatic rings. The Bertz CT molecular complexity index is 780. The van der Waals surface area contributed by atoms with Crippen molar-refractivity contribution in [3.8, 4) is 0 Å². The Balaban J connectivity index is 1.53. The van der Waals surface area contributed by atoms with E-state index in [0.29, 0.717) is 17.9 Å². The molecule has 4 rings (SSSR count). The number of carbonyl (C=O) groups excluding carboxylic acids is 1. The van der Waals surface area contributed by atoms with E-state index in [1.54, 1.807) is 18.3 Å². The largest absolute Gasteiger partial charge is 0.340 e. The minimum absolute atomic E-state index is 0.260. The average Bonchev–Trinajstić information content (AvgIpc) is 3.37. The molecule has 2 atom stereocenters. The number of nitrogens with zero attached hydrogens (tertiary/aromatic N) is 2. The number of carbonyl (C=O) groups is 1. The van der Waals surface area contributed by atoms with E-state index in [-0.39, 0.29) is 5.91 Å². The Labute approximate surface area is 179 Å². The summed E-state index contributed by atoms with van der Waals surface area (Å²) in [7, 11) is 0. The van der Waals surface area contributed by atoms with Gasteiger partial charge in [0.25, 0.3) is 0 Å². The van der Waals surface area contributed by atoms with Crippen LogP contribution in [0.4, 0.5) is 0 Å². The predicted octanol–water partition coefficient (Wildman–Crippen LogP) is 5.45. The molecule has 1 aromatic carbocycles. The number of hydrogen-bond acceptors (Lipinski definition) is 3. The topological polar surface area (TPSA) is 23.6 Å². The van der Waals surface area contributed by atoms with Crippen LogP contribution in [0.1, 0.15) is 61.6 Å². The van der Waals surface area contributed by atoms with Crippen LogP contribution in [-0.2, 0) is 11.3 Å². The molecule has 4 heteroatoms. The first-order chi connectivity index (χ1) is 14.1. The zero-order valence-electron chi connectivity index (χ0n) is 17.8. The van der Waals surface area contributed by atoms with Gasteiger partial charge < -0.3 is 4.90 Å². The molecule has 2 aromatic rings. The van der Waals surface area contributed by atoms with Crippen molar-refractivity contribution in [2.24, 2.45) is 5.92 Å². The maximum absolute atomic E-state index is 12.6. The highest BCUT2D eigenvalue weighted by Crippen LogP contribution is 2.36. The van der Waals surface area contributed by atoms with Gasteiger partial charge in [0, 0.05) is 45.1 Å². The van der Waals surface area contributed by atoms with Gasteiger partial charge in [-0.15, -0.1) is 0 Å². The van der Waals surface area contributed by atoms with E-state index in [4.69, 9.17) is 0 Å². The van der Waals surface area contributed by atoms with Gasteiger partial charge in [0.15, 0.2) is 0 Å². The van der Waals surface area contributed by atoms with Crippen LogP contribution in [0.25, 0.3) is 0 Å². The van der Waals surface area contributed by atoms with Crippen LogP contribution in [0.15, 0.2) is 41.1 Å². The maximum atomic E-state index is 12.6. The zero-order chi connectivity index (χ0) is 20.2. The van der Waals surface area contributed by atoms with Gasteiger partial charge in [0.1, 0.15) is 0 Å². The molecule has 2 unspecified atom stereocenters. The second kappa shape index (κ2) is 9.44. The number of aryl methyl sites for hydroxylation is 1. The fourth-order valence-corrected chi connectivity index (χ4v) is 5.95. The van der Waals surface area contributed by atoms with E-state index >= 15 is 0 Å². The average molecular weight is 411 g/mol. The molecular formula is C25H34N2OS. The van der Waals surface area contributed by atoms with E-state index in [9.17, 15) is 4.79 Å². The van der Waals surface area contributed by atoms with Gasteiger partial charge in [-0.3, -0.25) is 9.69 Å². The van der Waals surface area contributed by atoms with Crippen molar-refractivity contribution < 1.29 is 4.79 Å². The quantitative estimate of drug-likeness (QED) is 0.632. The summed E-state index contributed by atoms with van der Waals surface area (Å²) in [4.78, 5) is 17.4. The molecule has 0 radical (unpaired) electrons. The van der Waals surface area contributed by atoms with Crippen molar-refractivity contribution in [3.63, 3.8) is 0 Å². The lowest BCUT2D eigenvalue weighted by molar-refractivity contribution is -0.132. The number of thiophene rings is 1. The lowest BCUT2D eigenvalue weighted by atomic mass is 9.87. The van der Waals surface area contributed by atoms with Crippen molar-refractivity contribution in [1.29, 1.82) is 0 Å². The summed E-state index contributed by atoms with van der Waals surface area (Å²) in [5.41, 5.74) is 4.15. The highest BCUT2D eigenvalue weighted by Gasteiger charge is 2.37. The van der Waals surface area contributed by atoms with E-state index in [1.807, 2.05) is 0 Å². The third-order valence-corrected chi connectivity index (χ3v) is 7.59. The van der Waals surface area contributed by atoms with Crippen LogP contribution in [-0.4, -0.2) is 41.4 Å². The van der Waals surface area contributed by atoms with Crippen LogP contribution in [0.2, 0.25) is 0 Å². The third-order valence-electron chi connectivity index (χ3n) is 6.86. The molecular weight excluding hydrogens is 376 g/mol. The van der Waals surface area contributed by atoms with Gasteiger partial charge in [-0.25, -0.2) is 0 Å². The van der Waals surface area contributed by atoms with Gasteiger partial charge in [-0.2, -0.15) is 11.3 Å². The van der Waals surface area contributed by atoms with Gasteiger partial charge in [0.2, 0.25) is 5.91 Å². The van der Waals surface area contributed by atoms with Gasteiger partial charge in [-0.1, -0.05) is 49.1 Å². The van der Waals surface area contributed by atoms with Gasteiger partial charge >= 0.3 is 0 Å². The molecule has 1 amide bonds. The standard InChI is InChI=1S/C25H34N2OS/c1-19-8-10-22(11-9-19)25-17-26(14-21-12-13-29-18-21)15-23(25)16-27(20(2)28)24-6-4-3-5-7-24/h8-13,18,23-25H,3-7,14-17H2,1-2H3. The first-order valence-electron chi connectivity index (χ1n) is 11.2. The molecule has 1 saturated heterocycles. The molecule has 29 heavy (non-hydrogen) atoms. The summed E-state index contributed by atoms with van der Waals surface area (Å²) in [6.07, 6.45) is 6.22. The minimum atomic E-state index is 0.260. The highest BCUT2D eigenvalue weighted by molar-refractivity contribution is 7.07. The summed E-state index contributed by atoms with van der Waals surface area (Å²) in [5, 5.41) is 4.43. The van der Waals surface area contributed by atoms with E-state index in [0.717, 1.165) is 26.2 Å². The van der Waals surface area contributed by atoms with Crippen molar-refractivity contribution in [2.45, 2.75) is 64.5 Å². The summed E-state index contributed by atoms with van der Waals surface area (Å²) < 4.78 is 0. The molecule has 2 heterocycles. The van der Waals surface area contributed by atoms with Crippen LogP contribution >= 0.6 is 11.3 Å². The molecule has 1 aliphatic heterocycles. The molecule has 3 nitrogen and oxygen atoms in total. The van der Waals surface area contributed by atoms with E-state index in [1.165, 1.54) is 48.8 Å². The molecule has 1 aromatic heterocycles. The second-order valence-electron chi connectivity index (χ2n) is 9.07. The van der Waals surface area contributed by atoms with Crippen molar-refractivity contribution in [1.82, 2.24) is 9.80 Å². The van der Waals surface area contributed by atoms with Gasteiger partial charge in [0.05, 0.1) is 0 Å². The van der Waals surface area contributed by atoms with Crippen LogP contribution in [0, 0.1) is 12.8 Å². The van der Waals surface area contributed by atoms with Gasteiger partial charge in [-0.05, 0) is 53.6 Å². The van der Waals surface area contributed by atoms with Crippen LogP contribution in [0.5, 0.6) is 0 Å². The van der Waals surface area contributed by atoms with Crippen molar-refractivity contribution >= 4 is 17.2 Å². The molecule has 1 saturated carbocycles. The first kappa shape index (κ1) is 20.6. The lowest BCUT2D eigenvalue weighted by Crippen LogP contribution is -2.44. The van der Waals surface area contributed by atoms with Crippen molar-refractivity contribution in [2.75, 3.05) is 19.6 Å². The highest BCUT2D eigenvalue weighted by atomic mass is 32.1. The fraction of sp³-hybridized carbons (Fsp3) is 0.560. The van der Waals surface area contributed by atoms with Crippen LogP contribution in [0.3, 0.4) is 0 Å².